The molecular weight excluding hydrogens is 356 g/mol. The molecule has 5 nitrogen and oxygen atoms in total. The minimum Gasteiger partial charge on any atom is -0.377 e. The molecule has 7 heteroatoms. The average molecular weight is 369 g/mol. The summed E-state index contributed by atoms with van der Waals surface area (Å²) in [5.41, 5.74) is 4.36. The van der Waals surface area contributed by atoms with Crippen LogP contribution in [0.25, 0.3) is 26.0 Å². The van der Waals surface area contributed by atoms with E-state index in [-0.39, 0.29) is 5.56 Å². The smallest absolute Gasteiger partial charge is 0.289 e. The Morgan fingerprint density at radius 2 is 2.16 bits per heavy atom. The van der Waals surface area contributed by atoms with Crippen LogP contribution in [-0.2, 0) is 0 Å². The summed E-state index contributed by atoms with van der Waals surface area (Å²) in [5.74, 6) is 0. The normalized spacial score (nSPS) is 13.9. The van der Waals surface area contributed by atoms with E-state index >= 15 is 0 Å². The lowest BCUT2D eigenvalue weighted by atomic mass is 10.2. The number of allylic oxidation sites excluding steroid dienone is 5. The number of anilines is 1. The number of thiophene rings is 1. The maximum absolute atomic E-state index is 13.0. The summed E-state index contributed by atoms with van der Waals surface area (Å²) >= 11 is 7.33. The Labute approximate surface area is 152 Å². The monoisotopic (exact) mass is 368 g/mol. The molecule has 0 saturated carbocycles. The van der Waals surface area contributed by atoms with Crippen LogP contribution in [0.5, 0.6) is 0 Å². The van der Waals surface area contributed by atoms with Crippen molar-refractivity contribution in [2.45, 2.75) is 0 Å². The Morgan fingerprint density at radius 1 is 1.32 bits per heavy atom. The van der Waals surface area contributed by atoms with Gasteiger partial charge in [-0.15, -0.1) is 17.1 Å². The summed E-state index contributed by atoms with van der Waals surface area (Å²) in [6.07, 6.45) is 10.3. The molecule has 1 aliphatic rings. The van der Waals surface area contributed by atoms with Gasteiger partial charge in [-0.2, -0.15) is 9.78 Å². The highest BCUT2D eigenvalue weighted by atomic mass is 35.5. The van der Waals surface area contributed by atoms with Gasteiger partial charge in [-0.3, -0.25) is 4.79 Å². The Morgan fingerprint density at radius 3 is 2.96 bits per heavy atom. The second-order valence-corrected chi connectivity index (χ2v) is 7.10. The summed E-state index contributed by atoms with van der Waals surface area (Å²) in [5, 5.41) is 6.62. The molecule has 3 aromatic heterocycles. The standard InChI is InChI=1S/C18H13ClN4OS/c1-22(2)14-8-9-20-17-15(14)13-10-21-23(18(24)16(13)25-17)12-5-3-4-11(19)6-7-12/h3,5-10H,1-2H3. The van der Waals surface area contributed by atoms with E-state index in [0.29, 0.717) is 15.4 Å². The Balaban J connectivity index is 1.99. The van der Waals surface area contributed by atoms with E-state index in [1.54, 1.807) is 36.7 Å². The van der Waals surface area contributed by atoms with Crippen molar-refractivity contribution in [3.63, 3.8) is 0 Å². The van der Waals surface area contributed by atoms with E-state index in [4.69, 9.17) is 11.6 Å². The largest absolute Gasteiger partial charge is 0.377 e. The first-order valence-corrected chi connectivity index (χ1v) is 8.73. The molecule has 1 aliphatic carbocycles. The molecule has 4 rings (SSSR count). The maximum Gasteiger partial charge on any atom is 0.289 e. The molecule has 0 bridgehead atoms. The van der Waals surface area contributed by atoms with Gasteiger partial charge < -0.3 is 4.90 Å². The predicted molar refractivity (Wildman–Crippen MR) is 104 cm³/mol. The third kappa shape index (κ3) is 2.61. The number of fused-ring (bicyclic) bond motifs is 3. The van der Waals surface area contributed by atoms with E-state index in [2.05, 4.69) is 15.8 Å². The summed E-state index contributed by atoms with van der Waals surface area (Å²) in [6, 6.07) is 1.94. The molecule has 0 amide bonds. The molecule has 0 aromatic carbocycles. The SMILES string of the molecule is CN(C)c1ccnc2sc3c(=O)n(C4=CC=C=C(Cl)C=C4)ncc3c12. The van der Waals surface area contributed by atoms with E-state index in [1.165, 1.54) is 16.0 Å². The molecule has 124 valence electrons. The third-order valence-corrected chi connectivity index (χ3v) is 5.23. The minimum absolute atomic E-state index is 0.174. The lowest BCUT2D eigenvalue weighted by Gasteiger charge is -2.13. The van der Waals surface area contributed by atoms with Crippen molar-refractivity contribution < 1.29 is 0 Å². The molecular formula is C18H13ClN4OS. The van der Waals surface area contributed by atoms with Gasteiger partial charge in [-0.05, 0) is 30.4 Å². The van der Waals surface area contributed by atoms with Crippen molar-refractivity contribution in [3.05, 3.63) is 63.9 Å². The first kappa shape index (κ1) is 15.8. The van der Waals surface area contributed by atoms with E-state index in [0.717, 1.165) is 21.3 Å². The van der Waals surface area contributed by atoms with Crippen LogP contribution in [-0.4, -0.2) is 28.9 Å². The van der Waals surface area contributed by atoms with Gasteiger partial charge in [0.15, 0.2) is 0 Å². The average Bonchev–Trinajstić information content (AvgIpc) is 2.85. The Bertz CT molecular complexity index is 1190. The number of halogens is 1. The number of hydrogen-bond acceptors (Lipinski definition) is 5. The fourth-order valence-electron chi connectivity index (χ4n) is 2.74. The van der Waals surface area contributed by atoms with Gasteiger partial charge in [-0.1, -0.05) is 11.6 Å². The second kappa shape index (κ2) is 6.01. The Hall–Kier alpha value is -2.66. The fraction of sp³-hybridized carbons (Fsp3) is 0.111. The van der Waals surface area contributed by atoms with Gasteiger partial charge in [0.1, 0.15) is 9.53 Å². The Kier molecular flexibility index (Phi) is 3.81. The van der Waals surface area contributed by atoms with Crippen molar-refractivity contribution in [2.24, 2.45) is 0 Å². The molecule has 0 aliphatic heterocycles. The predicted octanol–water partition coefficient (Wildman–Crippen LogP) is 3.76. The fourth-order valence-corrected chi connectivity index (χ4v) is 3.93. The minimum atomic E-state index is -0.174. The van der Waals surface area contributed by atoms with Crippen molar-refractivity contribution in [1.29, 1.82) is 0 Å². The first-order chi connectivity index (χ1) is 12.1. The van der Waals surface area contributed by atoms with Crippen LogP contribution in [0.4, 0.5) is 5.69 Å². The summed E-state index contributed by atoms with van der Waals surface area (Å²) in [6.45, 7) is 0. The zero-order chi connectivity index (χ0) is 17.6. The van der Waals surface area contributed by atoms with Gasteiger partial charge >= 0.3 is 0 Å². The van der Waals surface area contributed by atoms with Crippen LogP contribution in [0.3, 0.4) is 0 Å². The van der Waals surface area contributed by atoms with Crippen LogP contribution in [0, 0.1) is 0 Å². The van der Waals surface area contributed by atoms with Gasteiger partial charge in [-0.25, -0.2) is 4.98 Å². The highest BCUT2D eigenvalue weighted by molar-refractivity contribution is 7.25. The molecule has 3 aromatic rings. The maximum atomic E-state index is 13.0. The second-order valence-electron chi connectivity index (χ2n) is 5.69. The summed E-state index contributed by atoms with van der Waals surface area (Å²) in [4.78, 5) is 20.3. The zero-order valence-electron chi connectivity index (χ0n) is 13.5. The van der Waals surface area contributed by atoms with Gasteiger partial charge in [0.2, 0.25) is 0 Å². The number of hydrogen-bond donors (Lipinski definition) is 0. The van der Waals surface area contributed by atoms with Crippen LogP contribution in [0.1, 0.15) is 0 Å². The van der Waals surface area contributed by atoms with Crippen molar-refractivity contribution in [3.8, 4) is 0 Å². The molecule has 25 heavy (non-hydrogen) atoms. The number of aromatic nitrogens is 3. The van der Waals surface area contributed by atoms with Crippen LogP contribution in [0.2, 0.25) is 0 Å². The zero-order valence-corrected chi connectivity index (χ0v) is 15.1. The number of nitrogens with zero attached hydrogens (tertiary/aromatic N) is 4. The van der Waals surface area contributed by atoms with E-state index < -0.39 is 0 Å². The summed E-state index contributed by atoms with van der Waals surface area (Å²) in [7, 11) is 3.94. The number of rotatable bonds is 2. The molecule has 3 heterocycles. The van der Waals surface area contributed by atoms with Crippen molar-refractivity contribution >= 4 is 54.6 Å². The van der Waals surface area contributed by atoms with Crippen LogP contribution in [0.15, 0.2) is 58.3 Å². The lowest BCUT2D eigenvalue weighted by Crippen LogP contribution is -2.20. The molecule has 0 saturated heterocycles. The van der Waals surface area contributed by atoms with Crippen LogP contribution >= 0.6 is 22.9 Å². The van der Waals surface area contributed by atoms with E-state index in [1.807, 2.05) is 25.1 Å². The molecule has 0 unspecified atom stereocenters. The van der Waals surface area contributed by atoms with Crippen molar-refractivity contribution in [2.75, 3.05) is 19.0 Å². The molecule has 0 N–H and O–H groups in total. The van der Waals surface area contributed by atoms with Gasteiger partial charge in [0, 0.05) is 36.8 Å². The van der Waals surface area contributed by atoms with Crippen LogP contribution < -0.4 is 10.5 Å². The van der Waals surface area contributed by atoms with Crippen molar-refractivity contribution in [1.82, 2.24) is 14.8 Å². The quantitative estimate of drug-likeness (QED) is 0.646. The molecule has 0 radical (unpaired) electrons. The molecule has 0 spiro atoms. The lowest BCUT2D eigenvalue weighted by molar-refractivity contribution is 0.850. The molecule has 0 fully saturated rings. The highest BCUT2D eigenvalue weighted by Crippen LogP contribution is 2.35. The summed E-state index contributed by atoms with van der Waals surface area (Å²) < 4.78 is 2.00. The van der Waals surface area contributed by atoms with Gasteiger partial charge in [0.05, 0.1) is 16.9 Å². The first-order valence-electron chi connectivity index (χ1n) is 7.54. The topological polar surface area (TPSA) is 51.0 Å². The van der Waals surface area contributed by atoms with E-state index in [9.17, 15) is 4.79 Å². The number of pyridine rings is 1. The third-order valence-electron chi connectivity index (χ3n) is 3.90. The van der Waals surface area contributed by atoms with Gasteiger partial charge in [0.25, 0.3) is 5.56 Å². The molecule has 0 atom stereocenters. The highest BCUT2D eigenvalue weighted by Gasteiger charge is 2.16.